The molecule has 0 bridgehead atoms. The van der Waals surface area contributed by atoms with Crippen LogP contribution < -0.4 is 0 Å². The van der Waals surface area contributed by atoms with Crippen molar-refractivity contribution >= 4 is 11.6 Å². The maximum Gasteiger partial charge on any atom is 0.179 e. The van der Waals surface area contributed by atoms with E-state index in [0.29, 0.717) is 11.0 Å². The van der Waals surface area contributed by atoms with Crippen molar-refractivity contribution in [1.82, 2.24) is 19.7 Å². The molecule has 0 aliphatic rings. The summed E-state index contributed by atoms with van der Waals surface area (Å²) in [6.45, 7) is 4.70. The Morgan fingerprint density at radius 3 is 2.87 bits per heavy atom. The van der Waals surface area contributed by atoms with Gasteiger partial charge < -0.3 is 0 Å². The van der Waals surface area contributed by atoms with Crippen molar-refractivity contribution in [3.63, 3.8) is 0 Å². The van der Waals surface area contributed by atoms with Gasteiger partial charge in [-0.25, -0.2) is 9.97 Å². The minimum Gasteiger partial charge on any atom is -0.262 e. The van der Waals surface area contributed by atoms with Crippen LogP contribution in [-0.2, 0) is 6.54 Å². The monoisotopic (exact) mass is 222 g/mol. The Morgan fingerprint density at radius 2 is 2.20 bits per heavy atom. The third-order valence-corrected chi connectivity index (χ3v) is 2.26. The average Bonchev–Trinajstić information content (AvgIpc) is 2.63. The van der Waals surface area contributed by atoms with Gasteiger partial charge in [0.05, 0.1) is 0 Å². The number of aromatic nitrogens is 4. The summed E-state index contributed by atoms with van der Waals surface area (Å²) >= 11 is 5.88. The summed E-state index contributed by atoms with van der Waals surface area (Å²) in [6, 6.07) is 3.62. The van der Waals surface area contributed by atoms with Crippen molar-refractivity contribution in [3.05, 3.63) is 29.2 Å². The molecule has 0 saturated carbocycles. The van der Waals surface area contributed by atoms with Crippen LogP contribution in [0, 0.1) is 6.92 Å². The van der Waals surface area contributed by atoms with Crippen LogP contribution in [0.3, 0.4) is 0 Å². The first-order valence-electron chi connectivity index (χ1n) is 4.74. The second-order valence-electron chi connectivity index (χ2n) is 3.19. The Kier molecular flexibility index (Phi) is 2.68. The largest absolute Gasteiger partial charge is 0.262 e. The molecule has 0 radical (unpaired) electrons. The molecule has 5 heteroatoms. The summed E-state index contributed by atoms with van der Waals surface area (Å²) in [7, 11) is 0. The van der Waals surface area contributed by atoms with Crippen molar-refractivity contribution in [1.29, 1.82) is 0 Å². The first-order chi connectivity index (χ1) is 7.20. The van der Waals surface area contributed by atoms with E-state index < -0.39 is 0 Å². The van der Waals surface area contributed by atoms with Gasteiger partial charge in [-0.05, 0) is 26.0 Å². The molecule has 2 heterocycles. The average molecular weight is 223 g/mol. The number of halogens is 1. The fourth-order valence-corrected chi connectivity index (χ4v) is 1.66. The van der Waals surface area contributed by atoms with E-state index in [4.69, 9.17) is 11.6 Å². The van der Waals surface area contributed by atoms with Crippen LogP contribution in [0.25, 0.3) is 11.5 Å². The second-order valence-corrected chi connectivity index (χ2v) is 3.58. The molecule has 2 aromatic rings. The zero-order valence-electron chi connectivity index (χ0n) is 8.61. The normalized spacial score (nSPS) is 10.6. The quantitative estimate of drug-likeness (QED) is 0.733. The molecule has 0 unspecified atom stereocenters. The van der Waals surface area contributed by atoms with Crippen LogP contribution in [0.4, 0.5) is 0 Å². The van der Waals surface area contributed by atoms with E-state index in [1.807, 2.05) is 24.6 Å². The molecule has 0 N–H and O–H groups in total. The van der Waals surface area contributed by atoms with E-state index in [-0.39, 0.29) is 0 Å². The molecular formula is C10H11ClN4. The fraction of sp³-hybridized carbons (Fsp3) is 0.300. The summed E-state index contributed by atoms with van der Waals surface area (Å²) in [5.41, 5.74) is 1.75. The van der Waals surface area contributed by atoms with Crippen LogP contribution in [0.1, 0.15) is 12.6 Å². The van der Waals surface area contributed by atoms with E-state index in [9.17, 15) is 0 Å². The lowest BCUT2D eigenvalue weighted by molar-refractivity contribution is 0.663. The Labute approximate surface area is 92.9 Å². The van der Waals surface area contributed by atoms with Gasteiger partial charge in [0, 0.05) is 18.4 Å². The highest BCUT2D eigenvalue weighted by Crippen LogP contribution is 2.17. The minimum absolute atomic E-state index is 0.460. The van der Waals surface area contributed by atoms with Crippen molar-refractivity contribution in [3.8, 4) is 11.5 Å². The van der Waals surface area contributed by atoms with Crippen LogP contribution in [0.5, 0.6) is 0 Å². The SMILES string of the molecule is CCn1nccc1-c1nc(C)cc(Cl)n1. The zero-order valence-corrected chi connectivity index (χ0v) is 9.36. The molecule has 0 aromatic carbocycles. The molecule has 4 nitrogen and oxygen atoms in total. The molecule has 0 fully saturated rings. The summed E-state index contributed by atoms with van der Waals surface area (Å²) in [4.78, 5) is 8.51. The van der Waals surface area contributed by atoms with Gasteiger partial charge in [0.15, 0.2) is 5.82 Å². The first-order valence-corrected chi connectivity index (χ1v) is 5.12. The molecule has 0 saturated heterocycles. The van der Waals surface area contributed by atoms with Crippen LogP contribution in [0.2, 0.25) is 5.15 Å². The second kappa shape index (κ2) is 3.98. The molecule has 15 heavy (non-hydrogen) atoms. The van der Waals surface area contributed by atoms with Gasteiger partial charge in [0.1, 0.15) is 10.8 Å². The minimum atomic E-state index is 0.460. The van der Waals surface area contributed by atoms with Gasteiger partial charge >= 0.3 is 0 Å². The molecule has 0 spiro atoms. The van der Waals surface area contributed by atoms with Crippen LogP contribution >= 0.6 is 11.6 Å². The predicted molar refractivity (Wildman–Crippen MR) is 58.7 cm³/mol. The van der Waals surface area contributed by atoms with E-state index in [2.05, 4.69) is 15.1 Å². The third kappa shape index (κ3) is 1.99. The lowest BCUT2D eigenvalue weighted by atomic mass is 10.3. The number of hydrogen-bond acceptors (Lipinski definition) is 3. The van der Waals surface area contributed by atoms with Crippen molar-refractivity contribution < 1.29 is 0 Å². The van der Waals surface area contributed by atoms with E-state index in [0.717, 1.165) is 17.9 Å². The topological polar surface area (TPSA) is 43.6 Å². The van der Waals surface area contributed by atoms with Crippen molar-refractivity contribution in [2.45, 2.75) is 20.4 Å². The Morgan fingerprint density at radius 1 is 1.40 bits per heavy atom. The third-order valence-electron chi connectivity index (χ3n) is 2.07. The molecule has 0 amide bonds. The number of aryl methyl sites for hydroxylation is 2. The smallest absolute Gasteiger partial charge is 0.179 e. The number of hydrogen-bond donors (Lipinski definition) is 0. The molecule has 0 aliphatic carbocycles. The molecule has 0 aliphatic heterocycles. The highest BCUT2D eigenvalue weighted by Gasteiger charge is 2.08. The van der Waals surface area contributed by atoms with Gasteiger partial charge in [-0.15, -0.1) is 0 Å². The van der Waals surface area contributed by atoms with Gasteiger partial charge in [0.2, 0.25) is 0 Å². The number of nitrogens with zero attached hydrogens (tertiary/aromatic N) is 4. The molecular weight excluding hydrogens is 212 g/mol. The summed E-state index contributed by atoms with van der Waals surface area (Å²) < 4.78 is 1.84. The first kappa shape index (κ1) is 10.1. The standard InChI is InChI=1S/C10H11ClN4/c1-3-15-8(4-5-12-15)10-13-7(2)6-9(11)14-10/h4-6H,3H2,1-2H3. The number of rotatable bonds is 2. The molecule has 78 valence electrons. The van der Waals surface area contributed by atoms with Gasteiger partial charge in [-0.2, -0.15) is 5.10 Å². The maximum atomic E-state index is 5.88. The maximum absolute atomic E-state index is 5.88. The predicted octanol–water partition coefficient (Wildman–Crippen LogP) is 2.32. The summed E-state index contributed by atoms with van der Waals surface area (Å²) in [5, 5.41) is 4.62. The zero-order chi connectivity index (χ0) is 10.8. The van der Waals surface area contributed by atoms with Gasteiger partial charge in [0.25, 0.3) is 0 Å². The van der Waals surface area contributed by atoms with Crippen molar-refractivity contribution in [2.75, 3.05) is 0 Å². The molecule has 2 rings (SSSR count). The van der Waals surface area contributed by atoms with Gasteiger partial charge in [-0.1, -0.05) is 11.6 Å². The van der Waals surface area contributed by atoms with E-state index >= 15 is 0 Å². The Balaban J connectivity index is 2.53. The fourth-order valence-electron chi connectivity index (χ4n) is 1.42. The lowest BCUT2D eigenvalue weighted by Gasteiger charge is -2.04. The molecule has 2 aromatic heterocycles. The highest BCUT2D eigenvalue weighted by molar-refractivity contribution is 6.29. The van der Waals surface area contributed by atoms with Crippen molar-refractivity contribution in [2.24, 2.45) is 0 Å². The van der Waals surface area contributed by atoms with E-state index in [1.54, 1.807) is 12.3 Å². The Hall–Kier alpha value is -1.42. The van der Waals surface area contributed by atoms with Crippen LogP contribution in [0.15, 0.2) is 18.3 Å². The van der Waals surface area contributed by atoms with E-state index in [1.165, 1.54) is 0 Å². The van der Waals surface area contributed by atoms with Crippen LogP contribution in [-0.4, -0.2) is 19.7 Å². The Bertz CT molecular complexity index is 458. The summed E-state index contributed by atoms with van der Waals surface area (Å²) in [6.07, 6.45) is 1.73. The summed E-state index contributed by atoms with van der Waals surface area (Å²) in [5.74, 6) is 0.624. The lowest BCUT2D eigenvalue weighted by Crippen LogP contribution is -2.02. The van der Waals surface area contributed by atoms with Gasteiger partial charge in [-0.3, -0.25) is 4.68 Å². The molecule has 0 atom stereocenters. The highest BCUT2D eigenvalue weighted by atomic mass is 35.5.